The number of hydrogen-bond donors (Lipinski definition) is 1. The predicted octanol–water partition coefficient (Wildman–Crippen LogP) is 4.58. The van der Waals surface area contributed by atoms with Gasteiger partial charge in [-0.3, -0.25) is 14.7 Å². The smallest absolute Gasteiger partial charge is 0.414 e. The molecule has 0 bridgehead atoms. The number of carbonyl (C=O) groups excluding carboxylic acids is 2. The molecule has 2 amide bonds. The monoisotopic (exact) mass is 411 g/mol. The summed E-state index contributed by atoms with van der Waals surface area (Å²) in [6.45, 7) is 6.02. The van der Waals surface area contributed by atoms with Crippen LogP contribution in [0.3, 0.4) is 0 Å². The van der Waals surface area contributed by atoms with Crippen LogP contribution in [0.25, 0.3) is 0 Å². The van der Waals surface area contributed by atoms with Crippen molar-refractivity contribution in [1.82, 2.24) is 4.98 Å². The molecule has 6 nitrogen and oxygen atoms in total. The normalized spacial score (nSPS) is 17.1. The molecule has 2 heterocycles. The summed E-state index contributed by atoms with van der Waals surface area (Å²) in [5.74, 6) is -0.476. The van der Waals surface area contributed by atoms with Crippen LogP contribution in [0, 0.1) is 5.82 Å². The molecular formula is C23H26FN3O3. The van der Waals surface area contributed by atoms with Gasteiger partial charge in [-0.15, -0.1) is 0 Å². The molecule has 0 atom stereocenters. The fourth-order valence-electron chi connectivity index (χ4n) is 3.95. The number of ether oxygens (including phenoxy) is 1. The maximum atomic E-state index is 13.1. The van der Waals surface area contributed by atoms with Crippen molar-refractivity contribution in [3.05, 3.63) is 53.6 Å². The van der Waals surface area contributed by atoms with E-state index in [1.54, 1.807) is 17.0 Å². The van der Waals surface area contributed by atoms with Gasteiger partial charge in [0.05, 0.1) is 22.5 Å². The molecule has 1 aromatic heterocycles. The van der Waals surface area contributed by atoms with Crippen LogP contribution in [-0.2, 0) is 21.4 Å². The van der Waals surface area contributed by atoms with E-state index in [1.165, 1.54) is 12.1 Å². The third-order valence-corrected chi connectivity index (χ3v) is 5.66. The number of carbonyl (C=O) groups is 2. The minimum atomic E-state index is -0.692. The summed E-state index contributed by atoms with van der Waals surface area (Å²) in [4.78, 5) is 32.0. The summed E-state index contributed by atoms with van der Waals surface area (Å²) in [6.07, 6.45) is 2.60. The molecule has 0 saturated heterocycles. The van der Waals surface area contributed by atoms with Crippen LogP contribution in [0.1, 0.15) is 51.4 Å². The van der Waals surface area contributed by atoms with Gasteiger partial charge >= 0.3 is 6.09 Å². The molecular weight excluding hydrogens is 385 g/mol. The molecule has 2 aliphatic rings. The fourth-order valence-corrected chi connectivity index (χ4v) is 3.95. The molecule has 1 saturated carbocycles. The Bertz CT molecular complexity index is 978. The first kappa shape index (κ1) is 20.3. The first-order valence-electron chi connectivity index (χ1n) is 10.3. The quantitative estimate of drug-likeness (QED) is 0.803. The van der Waals surface area contributed by atoms with E-state index < -0.39 is 11.0 Å². The first-order valence-corrected chi connectivity index (χ1v) is 10.3. The largest absolute Gasteiger partial charge is 0.443 e. The van der Waals surface area contributed by atoms with Crippen molar-refractivity contribution in [3.63, 3.8) is 0 Å². The lowest BCUT2D eigenvalue weighted by atomic mass is 9.65. The highest BCUT2D eigenvalue weighted by molar-refractivity contribution is 5.99. The first-order chi connectivity index (χ1) is 14.2. The highest BCUT2D eigenvalue weighted by Gasteiger charge is 2.47. The summed E-state index contributed by atoms with van der Waals surface area (Å²) >= 11 is 0. The molecule has 4 rings (SSSR count). The van der Waals surface area contributed by atoms with E-state index in [9.17, 15) is 14.0 Å². The Morgan fingerprint density at radius 1 is 1.13 bits per heavy atom. The van der Waals surface area contributed by atoms with Crippen LogP contribution >= 0.6 is 0 Å². The molecule has 1 N–H and O–H groups in total. The molecule has 0 spiro atoms. The van der Waals surface area contributed by atoms with Crippen LogP contribution in [0.15, 0.2) is 36.4 Å². The molecule has 1 aliphatic carbocycles. The number of aromatic nitrogens is 1. The van der Waals surface area contributed by atoms with Gasteiger partial charge in [-0.05, 0) is 70.0 Å². The van der Waals surface area contributed by atoms with Crippen molar-refractivity contribution in [2.45, 2.75) is 57.5 Å². The number of hydrogen-bond acceptors (Lipinski definition) is 4. The second kappa shape index (κ2) is 7.38. The summed E-state index contributed by atoms with van der Waals surface area (Å²) < 4.78 is 18.6. The molecule has 0 unspecified atom stereocenters. The van der Waals surface area contributed by atoms with E-state index in [2.05, 4.69) is 5.32 Å². The van der Waals surface area contributed by atoms with Crippen molar-refractivity contribution in [2.75, 3.05) is 16.8 Å². The van der Waals surface area contributed by atoms with Gasteiger partial charge in [-0.25, -0.2) is 9.18 Å². The average Bonchev–Trinajstić information content (AvgIpc) is 3.05. The van der Waals surface area contributed by atoms with Crippen molar-refractivity contribution >= 4 is 23.4 Å². The Morgan fingerprint density at radius 2 is 1.83 bits per heavy atom. The number of rotatable bonds is 3. The van der Waals surface area contributed by atoms with E-state index in [1.807, 2.05) is 32.9 Å². The molecule has 7 heteroatoms. The minimum Gasteiger partial charge on any atom is -0.443 e. The van der Waals surface area contributed by atoms with Gasteiger partial charge in [-0.2, -0.15) is 0 Å². The number of nitrogens with zero attached hydrogens (tertiary/aromatic N) is 2. The van der Waals surface area contributed by atoms with Crippen molar-refractivity contribution in [2.24, 2.45) is 0 Å². The lowest BCUT2D eigenvalue weighted by Gasteiger charge is -2.39. The van der Waals surface area contributed by atoms with Crippen LogP contribution in [0.5, 0.6) is 0 Å². The van der Waals surface area contributed by atoms with Gasteiger partial charge in [0.15, 0.2) is 0 Å². The number of fused-ring (bicyclic) bond motifs is 1. The maximum absolute atomic E-state index is 13.1. The van der Waals surface area contributed by atoms with Crippen molar-refractivity contribution in [1.29, 1.82) is 0 Å². The topological polar surface area (TPSA) is 71.5 Å². The molecule has 158 valence electrons. The number of benzene rings is 1. The molecule has 2 aromatic rings. The van der Waals surface area contributed by atoms with Gasteiger partial charge in [0.25, 0.3) is 0 Å². The lowest BCUT2D eigenvalue weighted by Crippen LogP contribution is -2.46. The maximum Gasteiger partial charge on any atom is 0.414 e. The molecule has 1 aliphatic heterocycles. The van der Waals surface area contributed by atoms with E-state index in [0.29, 0.717) is 31.5 Å². The van der Waals surface area contributed by atoms with Gasteiger partial charge in [0, 0.05) is 18.7 Å². The summed E-state index contributed by atoms with van der Waals surface area (Å²) in [6, 6.07) is 9.44. The average molecular weight is 411 g/mol. The van der Waals surface area contributed by atoms with Crippen molar-refractivity contribution < 1.29 is 18.7 Å². The number of halogens is 1. The second-order valence-electron chi connectivity index (χ2n) is 8.94. The van der Waals surface area contributed by atoms with E-state index in [4.69, 9.17) is 9.72 Å². The molecule has 0 radical (unpaired) electrons. The standard InChI is InChI=1S/C23H26FN3O3/c1-22(2,3)30-21(29)27-14-11-17-18(27)9-10-19(26-17)23(12-4-13-23)20(28)25-16-7-5-15(24)6-8-16/h5-10H,4,11-14H2,1-3H3,(H,25,28). The highest BCUT2D eigenvalue weighted by Crippen LogP contribution is 2.45. The van der Waals surface area contributed by atoms with Crippen molar-refractivity contribution in [3.8, 4) is 0 Å². The number of anilines is 2. The van der Waals surface area contributed by atoms with Gasteiger partial charge in [0.1, 0.15) is 11.4 Å². The fraction of sp³-hybridized carbons (Fsp3) is 0.435. The number of nitrogens with one attached hydrogen (secondary N) is 1. The van der Waals surface area contributed by atoms with Gasteiger partial charge in [0.2, 0.25) is 5.91 Å². The minimum absolute atomic E-state index is 0.130. The van der Waals surface area contributed by atoms with Crippen LogP contribution in [0.4, 0.5) is 20.6 Å². The summed E-state index contributed by atoms with van der Waals surface area (Å²) in [7, 11) is 0. The Hall–Kier alpha value is -2.96. The van der Waals surface area contributed by atoms with Crippen LogP contribution in [-0.4, -0.2) is 29.1 Å². The molecule has 1 aromatic carbocycles. The summed E-state index contributed by atoms with van der Waals surface area (Å²) in [5, 5.41) is 2.90. The van der Waals surface area contributed by atoms with E-state index in [-0.39, 0.29) is 17.8 Å². The van der Waals surface area contributed by atoms with Gasteiger partial charge < -0.3 is 10.1 Å². The van der Waals surface area contributed by atoms with Gasteiger partial charge in [-0.1, -0.05) is 6.42 Å². The Morgan fingerprint density at radius 3 is 2.43 bits per heavy atom. The third-order valence-electron chi connectivity index (χ3n) is 5.66. The number of pyridine rings is 1. The zero-order valence-electron chi connectivity index (χ0n) is 17.5. The number of amides is 2. The Kier molecular flexibility index (Phi) is 5.00. The lowest BCUT2D eigenvalue weighted by molar-refractivity contribution is -0.124. The van der Waals surface area contributed by atoms with E-state index >= 15 is 0 Å². The second-order valence-corrected chi connectivity index (χ2v) is 8.94. The third kappa shape index (κ3) is 3.76. The molecule has 30 heavy (non-hydrogen) atoms. The zero-order valence-corrected chi connectivity index (χ0v) is 17.5. The SMILES string of the molecule is CC(C)(C)OC(=O)N1CCc2nc(C3(C(=O)Nc4ccc(F)cc4)CCC3)ccc21. The highest BCUT2D eigenvalue weighted by atomic mass is 19.1. The molecule has 1 fully saturated rings. The zero-order chi connectivity index (χ0) is 21.5. The Balaban J connectivity index is 1.56. The van der Waals surface area contributed by atoms with Crippen LogP contribution < -0.4 is 10.2 Å². The Labute approximate surface area is 175 Å². The van der Waals surface area contributed by atoms with Crippen LogP contribution in [0.2, 0.25) is 0 Å². The predicted molar refractivity (Wildman–Crippen MR) is 112 cm³/mol. The van der Waals surface area contributed by atoms with E-state index in [0.717, 1.165) is 23.5 Å². The summed E-state index contributed by atoms with van der Waals surface area (Å²) in [5.41, 5.74) is 1.56.